The van der Waals surface area contributed by atoms with Crippen LogP contribution in [-0.2, 0) is 9.47 Å². The first kappa shape index (κ1) is 8.48. The van der Waals surface area contributed by atoms with E-state index in [0.717, 1.165) is 0 Å². The Morgan fingerprint density at radius 1 is 1.56 bits per heavy atom. The van der Waals surface area contributed by atoms with Crippen LogP contribution in [0.25, 0.3) is 0 Å². The quantitative estimate of drug-likeness (QED) is 0.407. The van der Waals surface area contributed by atoms with Crippen molar-refractivity contribution in [1.29, 1.82) is 0 Å². The molecule has 2 nitrogen and oxygen atoms in total. The molecule has 0 N–H and O–H groups in total. The van der Waals surface area contributed by atoms with E-state index in [9.17, 15) is 0 Å². The van der Waals surface area contributed by atoms with Crippen LogP contribution >= 0.6 is 0 Å². The van der Waals surface area contributed by atoms with E-state index in [-0.39, 0.29) is 6.10 Å². The van der Waals surface area contributed by atoms with Crippen molar-refractivity contribution in [3.8, 4) is 5.92 Å². The van der Waals surface area contributed by atoms with E-state index in [1.54, 1.807) is 14.0 Å². The van der Waals surface area contributed by atoms with Crippen molar-refractivity contribution in [2.75, 3.05) is 20.3 Å². The molecule has 0 rings (SSSR count). The molecule has 1 unspecified atom stereocenters. The summed E-state index contributed by atoms with van der Waals surface area (Å²) in [5, 5.41) is 0. The second kappa shape index (κ2) is 5.61. The third kappa shape index (κ3) is 5.35. The molecule has 51 valence electrons. The normalized spacial score (nSPS) is 12.6. The molecule has 0 amide bonds. The van der Waals surface area contributed by atoms with Gasteiger partial charge in [-0.3, -0.25) is 0 Å². The minimum absolute atomic E-state index is 0.208. The third-order valence-corrected chi connectivity index (χ3v) is 0.859. The molecule has 0 aromatic heterocycles. The largest absolute Gasteiger partial charge is 0.382 e. The maximum Gasteiger partial charge on any atom is 0.116 e. The van der Waals surface area contributed by atoms with Gasteiger partial charge in [-0.05, 0) is 13.3 Å². The summed E-state index contributed by atoms with van der Waals surface area (Å²) >= 11 is 0. The molecule has 0 aliphatic rings. The zero-order chi connectivity index (χ0) is 7.11. The van der Waals surface area contributed by atoms with Gasteiger partial charge >= 0.3 is 0 Å². The first-order valence-corrected chi connectivity index (χ1v) is 2.84. The number of rotatable bonds is 4. The second-order valence-electron chi connectivity index (χ2n) is 1.65. The maximum absolute atomic E-state index is 6.63. The van der Waals surface area contributed by atoms with E-state index in [1.165, 1.54) is 0 Å². The van der Waals surface area contributed by atoms with Crippen LogP contribution < -0.4 is 0 Å². The molecule has 0 aromatic rings. The van der Waals surface area contributed by atoms with Crippen LogP contribution in [0.3, 0.4) is 0 Å². The lowest BCUT2D eigenvalue weighted by Crippen LogP contribution is -2.09. The van der Waals surface area contributed by atoms with Gasteiger partial charge in [-0.1, -0.05) is 5.92 Å². The van der Waals surface area contributed by atoms with Crippen LogP contribution in [0, 0.1) is 12.3 Å². The van der Waals surface area contributed by atoms with Crippen LogP contribution in [0.1, 0.15) is 6.92 Å². The first-order chi connectivity index (χ1) is 4.31. The molecule has 2 heteroatoms. The highest BCUT2D eigenvalue weighted by Crippen LogP contribution is 1.85. The second-order valence-corrected chi connectivity index (χ2v) is 1.65. The molecule has 1 atom stereocenters. The van der Waals surface area contributed by atoms with Crippen molar-refractivity contribution in [3.63, 3.8) is 0 Å². The molecule has 1 radical (unpaired) electrons. The average Bonchev–Trinajstić information content (AvgIpc) is 1.89. The van der Waals surface area contributed by atoms with Gasteiger partial charge in [0.15, 0.2) is 0 Å². The van der Waals surface area contributed by atoms with Crippen molar-refractivity contribution < 1.29 is 9.47 Å². The van der Waals surface area contributed by atoms with Gasteiger partial charge in [0.1, 0.15) is 6.10 Å². The summed E-state index contributed by atoms with van der Waals surface area (Å²) in [5.41, 5.74) is 0. The van der Waals surface area contributed by atoms with E-state index >= 15 is 0 Å². The zero-order valence-electron chi connectivity index (χ0n) is 5.81. The Balaban J connectivity index is 2.99. The van der Waals surface area contributed by atoms with Gasteiger partial charge in [-0.2, -0.15) is 0 Å². The van der Waals surface area contributed by atoms with Crippen LogP contribution in [0.15, 0.2) is 0 Å². The highest BCUT2D eigenvalue weighted by molar-refractivity contribution is 4.84. The van der Waals surface area contributed by atoms with Crippen LogP contribution in [0.4, 0.5) is 0 Å². The van der Waals surface area contributed by atoms with Crippen molar-refractivity contribution in [2.45, 2.75) is 13.0 Å². The highest BCUT2D eigenvalue weighted by atomic mass is 16.5. The van der Waals surface area contributed by atoms with Gasteiger partial charge in [0.25, 0.3) is 0 Å². The Morgan fingerprint density at radius 2 is 2.22 bits per heavy atom. The number of hydrogen-bond donors (Lipinski definition) is 0. The Kier molecular flexibility index (Phi) is 5.29. The zero-order valence-corrected chi connectivity index (χ0v) is 5.81. The van der Waals surface area contributed by atoms with Crippen LogP contribution in [0.2, 0.25) is 0 Å². The summed E-state index contributed by atoms with van der Waals surface area (Å²) in [4.78, 5) is 0. The number of methoxy groups -OCH3 is 1. The van der Waals surface area contributed by atoms with Gasteiger partial charge in [0.2, 0.25) is 0 Å². The van der Waals surface area contributed by atoms with Crippen molar-refractivity contribution >= 4 is 0 Å². The first-order valence-electron chi connectivity index (χ1n) is 2.84. The fraction of sp³-hybridized carbons (Fsp3) is 0.714. The van der Waals surface area contributed by atoms with Gasteiger partial charge in [0, 0.05) is 7.11 Å². The lowest BCUT2D eigenvalue weighted by molar-refractivity contribution is 0.0513. The Hall–Kier alpha value is -0.520. The predicted molar refractivity (Wildman–Crippen MR) is 34.4 cm³/mol. The smallest absolute Gasteiger partial charge is 0.116 e. The average molecular weight is 127 g/mol. The van der Waals surface area contributed by atoms with E-state index in [4.69, 9.17) is 15.9 Å². The van der Waals surface area contributed by atoms with Gasteiger partial charge in [0.05, 0.1) is 13.2 Å². The fourth-order valence-corrected chi connectivity index (χ4v) is 0.350. The summed E-state index contributed by atoms with van der Waals surface area (Å²) in [6.45, 7) is 2.87. The summed E-state index contributed by atoms with van der Waals surface area (Å²) in [5.74, 6) is 2.20. The van der Waals surface area contributed by atoms with E-state index in [1.807, 2.05) is 0 Å². The van der Waals surface area contributed by atoms with Crippen molar-refractivity contribution in [2.24, 2.45) is 0 Å². The molecule has 9 heavy (non-hydrogen) atoms. The molecule has 0 fully saturated rings. The SMILES string of the molecule is [C]#CC(C)OCCOC. The monoisotopic (exact) mass is 127 g/mol. The van der Waals surface area contributed by atoms with Gasteiger partial charge < -0.3 is 9.47 Å². The minimum atomic E-state index is -0.208. The third-order valence-electron chi connectivity index (χ3n) is 0.859. The molecule has 0 aliphatic heterocycles. The molecule has 0 aliphatic carbocycles. The Labute approximate surface area is 56.2 Å². The number of hydrogen-bond acceptors (Lipinski definition) is 2. The van der Waals surface area contributed by atoms with Crippen molar-refractivity contribution in [3.05, 3.63) is 6.42 Å². The molecule has 0 saturated carbocycles. The summed E-state index contributed by atoms with van der Waals surface area (Å²) in [7, 11) is 1.61. The van der Waals surface area contributed by atoms with Crippen LogP contribution in [-0.4, -0.2) is 26.4 Å². The van der Waals surface area contributed by atoms with Gasteiger partial charge in [-0.25, -0.2) is 0 Å². The molecule has 0 bridgehead atoms. The van der Waals surface area contributed by atoms with Gasteiger partial charge in [-0.15, -0.1) is 0 Å². The molecular formula is C7H11O2. The number of ether oxygens (including phenoxy) is 2. The summed E-state index contributed by atoms with van der Waals surface area (Å²) in [6.07, 6.45) is 6.42. The fourth-order valence-electron chi connectivity index (χ4n) is 0.350. The molecule has 0 saturated heterocycles. The topological polar surface area (TPSA) is 18.5 Å². The van der Waals surface area contributed by atoms with E-state index in [2.05, 4.69) is 5.92 Å². The summed E-state index contributed by atoms with van der Waals surface area (Å²) in [6, 6.07) is 0. The Bertz CT molecular complexity index is 93.6. The van der Waals surface area contributed by atoms with E-state index in [0.29, 0.717) is 13.2 Å². The molecule has 0 aromatic carbocycles. The Morgan fingerprint density at radius 3 is 2.67 bits per heavy atom. The maximum atomic E-state index is 6.63. The molecular weight excluding hydrogens is 116 g/mol. The van der Waals surface area contributed by atoms with Crippen LogP contribution in [0.5, 0.6) is 0 Å². The molecule has 0 heterocycles. The highest BCUT2D eigenvalue weighted by Gasteiger charge is 1.93. The lowest BCUT2D eigenvalue weighted by atomic mass is 10.4. The molecule has 0 spiro atoms. The minimum Gasteiger partial charge on any atom is -0.382 e. The standard InChI is InChI=1S/C7H11O2/c1-4-7(2)9-6-5-8-3/h7H,5-6H2,2-3H3. The summed E-state index contributed by atoms with van der Waals surface area (Å²) < 4.78 is 9.73. The predicted octanol–water partition coefficient (Wildman–Crippen LogP) is 0.628. The lowest BCUT2D eigenvalue weighted by Gasteiger charge is -2.03. The van der Waals surface area contributed by atoms with E-state index < -0.39 is 0 Å². The van der Waals surface area contributed by atoms with Crippen molar-refractivity contribution in [1.82, 2.24) is 0 Å².